The van der Waals surface area contributed by atoms with Gasteiger partial charge in [0.1, 0.15) is 0 Å². The third kappa shape index (κ3) is 3.38. The number of rotatable bonds is 3. The van der Waals surface area contributed by atoms with Crippen molar-refractivity contribution in [2.24, 2.45) is 5.73 Å². The zero-order valence-electron chi connectivity index (χ0n) is 8.62. The fraction of sp³-hybridized carbons (Fsp3) is 0.636. The van der Waals surface area contributed by atoms with Gasteiger partial charge in [-0.05, 0) is 37.1 Å². The van der Waals surface area contributed by atoms with Crippen molar-refractivity contribution in [3.8, 4) is 0 Å². The molecule has 0 aromatic carbocycles. The molecule has 1 nitrogen and oxygen atoms in total. The summed E-state index contributed by atoms with van der Waals surface area (Å²) in [5, 5.41) is 0.652. The van der Waals surface area contributed by atoms with Gasteiger partial charge >= 0.3 is 0 Å². The molecule has 1 fully saturated rings. The van der Waals surface area contributed by atoms with E-state index in [0.29, 0.717) is 11.3 Å². The zero-order valence-corrected chi connectivity index (χ0v) is 11.0. The van der Waals surface area contributed by atoms with Crippen molar-refractivity contribution >= 4 is 34.7 Å². The average molecular weight is 262 g/mol. The molecule has 0 aliphatic carbocycles. The summed E-state index contributed by atoms with van der Waals surface area (Å²) < 4.78 is 0.869. The Balaban J connectivity index is 1.88. The Morgan fingerprint density at radius 3 is 2.93 bits per heavy atom. The van der Waals surface area contributed by atoms with Crippen molar-refractivity contribution in [3.05, 3.63) is 21.3 Å². The van der Waals surface area contributed by atoms with E-state index in [4.69, 9.17) is 17.3 Å². The minimum atomic E-state index is 0.296. The predicted molar refractivity (Wildman–Crippen MR) is 71.1 cm³/mol. The molecule has 1 aliphatic heterocycles. The molecule has 0 amide bonds. The molecule has 2 atom stereocenters. The Morgan fingerprint density at radius 1 is 1.47 bits per heavy atom. The summed E-state index contributed by atoms with van der Waals surface area (Å²) in [6, 6.07) is 4.35. The average Bonchev–Trinajstić information content (AvgIpc) is 2.65. The highest BCUT2D eigenvalue weighted by Crippen LogP contribution is 2.29. The third-order valence-electron chi connectivity index (χ3n) is 2.76. The van der Waals surface area contributed by atoms with E-state index in [1.165, 1.54) is 29.9 Å². The Kier molecular flexibility index (Phi) is 4.38. The Bertz CT molecular complexity index is 307. The normalized spacial score (nSPS) is 24.0. The van der Waals surface area contributed by atoms with E-state index in [2.05, 4.69) is 6.07 Å². The number of halogens is 1. The summed E-state index contributed by atoms with van der Waals surface area (Å²) >= 11 is 9.60. The first-order valence-corrected chi connectivity index (χ1v) is 7.61. The molecule has 2 heterocycles. The van der Waals surface area contributed by atoms with Gasteiger partial charge in [-0.1, -0.05) is 18.0 Å². The van der Waals surface area contributed by atoms with Crippen LogP contribution in [0.1, 0.15) is 24.1 Å². The molecule has 84 valence electrons. The van der Waals surface area contributed by atoms with Crippen LogP contribution in [0, 0.1) is 0 Å². The lowest BCUT2D eigenvalue weighted by Crippen LogP contribution is -2.35. The molecule has 2 unspecified atom stereocenters. The first kappa shape index (κ1) is 11.8. The molecular formula is C11H16ClNS2. The monoisotopic (exact) mass is 261 g/mol. The maximum atomic E-state index is 6.23. The van der Waals surface area contributed by atoms with Crippen molar-refractivity contribution in [3.63, 3.8) is 0 Å². The van der Waals surface area contributed by atoms with Crippen LogP contribution in [0.25, 0.3) is 0 Å². The van der Waals surface area contributed by atoms with Crippen molar-refractivity contribution in [2.75, 3.05) is 5.75 Å². The molecule has 2 rings (SSSR count). The van der Waals surface area contributed by atoms with Gasteiger partial charge in [-0.15, -0.1) is 11.3 Å². The Morgan fingerprint density at radius 2 is 2.33 bits per heavy atom. The van der Waals surface area contributed by atoms with Gasteiger partial charge in [0.2, 0.25) is 0 Å². The van der Waals surface area contributed by atoms with Crippen LogP contribution in [-0.4, -0.2) is 17.0 Å². The summed E-state index contributed by atoms with van der Waals surface area (Å²) in [4.78, 5) is 1.32. The minimum Gasteiger partial charge on any atom is -0.326 e. The third-order valence-corrected chi connectivity index (χ3v) is 5.55. The molecule has 0 bridgehead atoms. The van der Waals surface area contributed by atoms with Gasteiger partial charge in [0, 0.05) is 16.2 Å². The van der Waals surface area contributed by atoms with Crippen molar-refractivity contribution in [1.29, 1.82) is 0 Å². The Labute approximate surface area is 104 Å². The second kappa shape index (κ2) is 5.58. The van der Waals surface area contributed by atoms with E-state index < -0.39 is 0 Å². The summed E-state index contributed by atoms with van der Waals surface area (Å²) in [6.45, 7) is 0. The zero-order chi connectivity index (χ0) is 10.7. The quantitative estimate of drug-likeness (QED) is 0.901. The number of hydrogen-bond donors (Lipinski definition) is 1. The largest absolute Gasteiger partial charge is 0.326 e. The molecule has 1 aromatic rings. The number of hydrogen-bond acceptors (Lipinski definition) is 3. The van der Waals surface area contributed by atoms with Crippen LogP contribution < -0.4 is 5.73 Å². The SMILES string of the molecule is NC(Cc1ccc(Cl)s1)C1CCCCS1. The molecule has 1 aromatic heterocycles. The van der Waals surface area contributed by atoms with Crippen LogP contribution in [0.2, 0.25) is 4.34 Å². The summed E-state index contributed by atoms with van der Waals surface area (Å²) in [5.41, 5.74) is 6.23. The van der Waals surface area contributed by atoms with Gasteiger partial charge in [0.15, 0.2) is 0 Å². The first-order chi connectivity index (χ1) is 7.25. The van der Waals surface area contributed by atoms with Crippen LogP contribution in [0.3, 0.4) is 0 Å². The molecule has 1 aliphatic rings. The van der Waals surface area contributed by atoms with Gasteiger partial charge in [-0.2, -0.15) is 11.8 Å². The van der Waals surface area contributed by atoms with Gasteiger partial charge < -0.3 is 5.73 Å². The topological polar surface area (TPSA) is 26.0 Å². The van der Waals surface area contributed by atoms with Crippen molar-refractivity contribution < 1.29 is 0 Å². The fourth-order valence-electron chi connectivity index (χ4n) is 1.93. The van der Waals surface area contributed by atoms with Crippen LogP contribution in [0.15, 0.2) is 12.1 Å². The second-order valence-electron chi connectivity index (χ2n) is 3.98. The smallest absolute Gasteiger partial charge is 0.0931 e. The molecule has 4 heteroatoms. The first-order valence-electron chi connectivity index (χ1n) is 5.37. The lowest BCUT2D eigenvalue weighted by atomic mass is 10.0. The standard InChI is InChI=1S/C11H16ClNS2/c12-11-5-4-8(15-11)7-9(13)10-3-1-2-6-14-10/h4-5,9-10H,1-3,6-7,13H2. The highest BCUT2D eigenvalue weighted by atomic mass is 35.5. The molecule has 0 saturated carbocycles. The lowest BCUT2D eigenvalue weighted by Gasteiger charge is -2.26. The van der Waals surface area contributed by atoms with Crippen LogP contribution in [-0.2, 0) is 6.42 Å². The molecule has 0 radical (unpaired) electrons. The lowest BCUT2D eigenvalue weighted by molar-refractivity contribution is 0.562. The van der Waals surface area contributed by atoms with Gasteiger partial charge in [-0.3, -0.25) is 0 Å². The van der Waals surface area contributed by atoms with E-state index in [1.807, 2.05) is 17.8 Å². The van der Waals surface area contributed by atoms with E-state index in [-0.39, 0.29) is 0 Å². The predicted octanol–water partition coefficient (Wildman–Crippen LogP) is 3.56. The van der Waals surface area contributed by atoms with E-state index in [1.54, 1.807) is 11.3 Å². The molecule has 15 heavy (non-hydrogen) atoms. The van der Waals surface area contributed by atoms with E-state index in [9.17, 15) is 0 Å². The van der Waals surface area contributed by atoms with Gasteiger partial charge in [-0.25, -0.2) is 0 Å². The maximum Gasteiger partial charge on any atom is 0.0931 e. The molecule has 2 N–H and O–H groups in total. The summed E-state index contributed by atoms with van der Waals surface area (Å²) in [6.07, 6.45) is 4.97. The highest BCUT2D eigenvalue weighted by Gasteiger charge is 2.21. The Hall–Kier alpha value is 0.300. The second-order valence-corrected chi connectivity index (χ2v) is 7.13. The molecular weight excluding hydrogens is 246 g/mol. The molecule has 0 spiro atoms. The van der Waals surface area contributed by atoms with Crippen LogP contribution in [0.5, 0.6) is 0 Å². The van der Waals surface area contributed by atoms with Crippen molar-refractivity contribution in [2.45, 2.75) is 37.0 Å². The summed E-state index contributed by atoms with van der Waals surface area (Å²) in [7, 11) is 0. The van der Waals surface area contributed by atoms with E-state index in [0.717, 1.165) is 10.8 Å². The van der Waals surface area contributed by atoms with E-state index >= 15 is 0 Å². The van der Waals surface area contributed by atoms with Crippen LogP contribution in [0.4, 0.5) is 0 Å². The highest BCUT2D eigenvalue weighted by molar-refractivity contribution is 8.00. The fourth-order valence-corrected chi connectivity index (χ4v) is 4.44. The van der Waals surface area contributed by atoms with Crippen molar-refractivity contribution in [1.82, 2.24) is 0 Å². The van der Waals surface area contributed by atoms with Gasteiger partial charge in [0.05, 0.1) is 4.34 Å². The number of nitrogens with two attached hydrogens (primary N) is 1. The van der Waals surface area contributed by atoms with Gasteiger partial charge in [0.25, 0.3) is 0 Å². The minimum absolute atomic E-state index is 0.296. The molecule has 1 saturated heterocycles. The number of thiophene rings is 1. The number of thioether (sulfide) groups is 1. The van der Waals surface area contributed by atoms with Crippen LogP contribution >= 0.6 is 34.7 Å². The summed E-state index contributed by atoms with van der Waals surface area (Å²) in [5.74, 6) is 1.28. The maximum absolute atomic E-state index is 6.23.